The predicted molar refractivity (Wildman–Crippen MR) is 118 cm³/mol. The largest absolute Gasteiger partial charge is 0.452 e. The number of fused-ring (bicyclic) bond motifs is 2. The van der Waals surface area contributed by atoms with Crippen LogP contribution in [0.25, 0.3) is 0 Å². The Kier molecular flexibility index (Phi) is 5.87. The van der Waals surface area contributed by atoms with E-state index in [1.54, 1.807) is 6.07 Å². The summed E-state index contributed by atoms with van der Waals surface area (Å²) < 4.78 is 10.8. The number of non-ortho nitro benzene ring substituents is 1. The van der Waals surface area contributed by atoms with Crippen LogP contribution in [0.1, 0.15) is 50.4 Å². The van der Waals surface area contributed by atoms with Crippen LogP contribution in [-0.2, 0) is 14.3 Å². The second-order valence-corrected chi connectivity index (χ2v) is 10.4. The molecular weight excluding hydrogens is 414 g/mol. The number of ether oxygens (including phenoxy) is 2. The molecule has 4 rings (SSSR count). The number of hydrogen-bond acceptors (Lipinski definition) is 7. The summed E-state index contributed by atoms with van der Waals surface area (Å²) in [5, 5.41) is 11.3. The molecule has 2 aliphatic heterocycles. The van der Waals surface area contributed by atoms with E-state index in [1.807, 2.05) is 9.80 Å². The van der Waals surface area contributed by atoms with Crippen molar-refractivity contribution in [2.75, 3.05) is 44.4 Å². The normalized spacial score (nSPS) is 26.7. The third-order valence-electron chi connectivity index (χ3n) is 6.82. The molecule has 2 atom stereocenters. The third-order valence-corrected chi connectivity index (χ3v) is 6.82. The summed E-state index contributed by atoms with van der Waals surface area (Å²) in [6, 6.07) is 4.33. The Labute approximate surface area is 187 Å². The third kappa shape index (κ3) is 4.57. The molecule has 1 aromatic carbocycles. The summed E-state index contributed by atoms with van der Waals surface area (Å²) in [6.45, 7) is 9.16. The lowest BCUT2D eigenvalue weighted by atomic mass is 9.65. The maximum Gasteiger partial charge on any atom is 0.341 e. The Hall–Kier alpha value is -2.68. The fourth-order valence-corrected chi connectivity index (χ4v) is 5.92. The van der Waals surface area contributed by atoms with E-state index in [2.05, 4.69) is 20.8 Å². The number of esters is 1. The van der Waals surface area contributed by atoms with Crippen molar-refractivity contribution in [3.05, 3.63) is 33.9 Å². The number of nitro groups is 1. The molecule has 1 aromatic rings. The van der Waals surface area contributed by atoms with Gasteiger partial charge in [-0.15, -0.1) is 0 Å². The number of morpholine rings is 1. The van der Waals surface area contributed by atoms with Gasteiger partial charge in [-0.2, -0.15) is 0 Å². The SMILES string of the molecule is CC1(C)C[C@H]2C[C@@](C)(CN2C(=O)COC(=O)c2cc([N+](=O)[O-])ccc2N2CCOCC2)C1. The van der Waals surface area contributed by atoms with Gasteiger partial charge in [-0.25, -0.2) is 4.79 Å². The fraction of sp³-hybridized carbons (Fsp3) is 0.652. The van der Waals surface area contributed by atoms with E-state index in [-0.39, 0.29) is 40.6 Å². The summed E-state index contributed by atoms with van der Waals surface area (Å²) in [5.41, 5.74) is 0.739. The average Bonchev–Trinajstić information content (AvgIpc) is 3.00. The molecule has 32 heavy (non-hydrogen) atoms. The van der Waals surface area contributed by atoms with E-state index >= 15 is 0 Å². The predicted octanol–water partition coefficient (Wildman–Crippen LogP) is 3.02. The number of amides is 1. The number of hydrogen-bond donors (Lipinski definition) is 0. The van der Waals surface area contributed by atoms with Gasteiger partial charge >= 0.3 is 5.97 Å². The number of carbonyl (C=O) groups is 2. The number of rotatable bonds is 5. The van der Waals surface area contributed by atoms with Crippen molar-refractivity contribution in [2.45, 2.75) is 46.1 Å². The molecule has 0 N–H and O–H groups in total. The number of nitrogens with zero attached hydrogens (tertiary/aromatic N) is 3. The summed E-state index contributed by atoms with van der Waals surface area (Å²) in [6.07, 6.45) is 2.98. The van der Waals surface area contributed by atoms with Crippen LogP contribution in [-0.4, -0.2) is 67.2 Å². The van der Waals surface area contributed by atoms with E-state index in [0.29, 0.717) is 38.5 Å². The highest BCUT2D eigenvalue weighted by Crippen LogP contribution is 2.52. The molecule has 1 amide bonds. The van der Waals surface area contributed by atoms with Gasteiger partial charge < -0.3 is 19.3 Å². The number of benzene rings is 1. The van der Waals surface area contributed by atoms with E-state index in [9.17, 15) is 19.7 Å². The minimum atomic E-state index is -0.725. The van der Waals surface area contributed by atoms with Crippen LogP contribution in [0.2, 0.25) is 0 Å². The summed E-state index contributed by atoms with van der Waals surface area (Å²) in [7, 11) is 0. The lowest BCUT2D eigenvalue weighted by Crippen LogP contribution is -2.40. The zero-order valence-electron chi connectivity index (χ0n) is 19.0. The maximum absolute atomic E-state index is 13.0. The first kappa shape index (κ1) is 22.5. The smallest absolute Gasteiger partial charge is 0.341 e. The minimum absolute atomic E-state index is 0.0929. The number of carbonyl (C=O) groups excluding carboxylic acids is 2. The number of likely N-dealkylation sites (tertiary alicyclic amines) is 1. The summed E-state index contributed by atoms with van der Waals surface area (Å²) in [4.78, 5) is 40.4. The van der Waals surface area contributed by atoms with Crippen molar-refractivity contribution in [3.63, 3.8) is 0 Å². The van der Waals surface area contributed by atoms with Crippen LogP contribution < -0.4 is 4.90 Å². The van der Waals surface area contributed by atoms with Gasteiger partial charge in [0.05, 0.1) is 29.4 Å². The van der Waals surface area contributed by atoms with Crippen molar-refractivity contribution in [1.29, 1.82) is 0 Å². The molecule has 9 heteroatoms. The van der Waals surface area contributed by atoms with Crippen LogP contribution in [0.4, 0.5) is 11.4 Å². The van der Waals surface area contributed by atoms with Gasteiger partial charge in [0.25, 0.3) is 11.6 Å². The van der Waals surface area contributed by atoms with Gasteiger partial charge in [-0.1, -0.05) is 20.8 Å². The van der Waals surface area contributed by atoms with Crippen LogP contribution in [0.15, 0.2) is 18.2 Å². The molecule has 1 saturated carbocycles. The first-order chi connectivity index (χ1) is 15.1. The quantitative estimate of drug-likeness (QED) is 0.390. The number of anilines is 1. The molecule has 0 spiro atoms. The van der Waals surface area contributed by atoms with E-state index < -0.39 is 10.9 Å². The second kappa shape index (κ2) is 8.35. The lowest BCUT2D eigenvalue weighted by molar-refractivity contribution is -0.384. The van der Waals surface area contributed by atoms with Crippen LogP contribution >= 0.6 is 0 Å². The van der Waals surface area contributed by atoms with Gasteiger partial charge in [0.15, 0.2) is 6.61 Å². The molecule has 174 valence electrons. The standard InChI is InChI=1S/C23H31N3O6/c1-22(2)11-17-12-23(3,14-22)15-25(17)20(27)13-32-21(28)18-10-16(26(29)30)4-5-19(18)24-6-8-31-9-7-24/h4-5,10,17H,6-9,11-15H2,1-3H3/t17-,23+/m0/s1. The molecule has 3 aliphatic rings. The van der Waals surface area contributed by atoms with Crippen molar-refractivity contribution in [3.8, 4) is 0 Å². The first-order valence-electron chi connectivity index (χ1n) is 11.1. The highest BCUT2D eigenvalue weighted by molar-refractivity contribution is 5.97. The summed E-state index contributed by atoms with van der Waals surface area (Å²) in [5.74, 6) is -0.930. The topological polar surface area (TPSA) is 102 Å². The van der Waals surface area contributed by atoms with Crippen LogP contribution in [0, 0.1) is 20.9 Å². The van der Waals surface area contributed by atoms with Crippen molar-refractivity contribution >= 4 is 23.3 Å². The second-order valence-electron chi connectivity index (χ2n) is 10.4. The zero-order chi connectivity index (χ0) is 23.1. The Balaban J connectivity index is 1.47. The fourth-order valence-electron chi connectivity index (χ4n) is 5.92. The molecule has 0 radical (unpaired) electrons. The molecule has 0 aromatic heterocycles. The molecular formula is C23H31N3O6. The molecule has 2 saturated heterocycles. The maximum atomic E-state index is 13.0. The zero-order valence-corrected chi connectivity index (χ0v) is 19.0. The number of nitro benzene ring substituents is 1. The highest BCUT2D eigenvalue weighted by Gasteiger charge is 2.51. The van der Waals surface area contributed by atoms with E-state index in [1.165, 1.54) is 12.1 Å². The van der Waals surface area contributed by atoms with Crippen molar-refractivity contribution < 1.29 is 24.0 Å². The lowest BCUT2D eigenvalue weighted by Gasteiger charge is -2.39. The molecule has 1 aliphatic carbocycles. The minimum Gasteiger partial charge on any atom is -0.452 e. The Morgan fingerprint density at radius 2 is 1.94 bits per heavy atom. The highest BCUT2D eigenvalue weighted by atomic mass is 16.6. The molecule has 0 unspecified atom stereocenters. The van der Waals surface area contributed by atoms with E-state index in [4.69, 9.17) is 9.47 Å². The van der Waals surface area contributed by atoms with Crippen molar-refractivity contribution in [2.24, 2.45) is 10.8 Å². The van der Waals surface area contributed by atoms with Crippen molar-refractivity contribution in [1.82, 2.24) is 4.90 Å². The van der Waals surface area contributed by atoms with Crippen LogP contribution in [0.5, 0.6) is 0 Å². The van der Waals surface area contributed by atoms with Gasteiger partial charge in [0.2, 0.25) is 0 Å². The molecule has 2 bridgehead atoms. The molecule has 3 fully saturated rings. The van der Waals surface area contributed by atoms with E-state index in [0.717, 1.165) is 19.3 Å². The average molecular weight is 446 g/mol. The Morgan fingerprint density at radius 1 is 1.22 bits per heavy atom. The molecule has 2 heterocycles. The van der Waals surface area contributed by atoms with Gasteiger partial charge in [-0.3, -0.25) is 14.9 Å². The van der Waals surface area contributed by atoms with Gasteiger partial charge in [0.1, 0.15) is 0 Å². The van der Waals surface area contributed by atoms with Crippen LogP contribution in [0.3, 0.4) is 0 Å². The first-order valence-corrected chi connectivity index (χ1v) is 11.1. The summed E-state index contributed by atoms with van der Waals surface area (Å²) >= 11 is 0. The monoisotopic (exact) mass is 445 g/mol. The van der Waals surface area contributed by atoms with Gasteiger partial charge in [0, 0.05) is 37.8 Å². The van der Waals surface area contributed by atoms with Gasteiger partial charge in [-0.05, 0) is 36.2 Å². The Bertz CT molecular complexity index is 926. The Morgan fingerprint density at radius 3 is 2.62 bits per heavy atom. The molecule has 9 nitrogen and oxygen atoms in total.